The zero-order chi connectivity index (χ0) is 24.6. The van der Waals surface area contributed by atoms with Gasteiger partial charge in [-0.25, -0.2) is 0 Å². The summed E-state index contributed by atoms with van der Waals surface area (Å²) in [6, 6.07) is 0. The largest absolute Gasteiger partial charge is 0.251 e. The number of hydrogen-bond donors (Lipinski definition) is 0. The van der Waals surface area contributed by atoms with Crippen LogP contribution in [0.5, 0.6) is 0 Å². The Morgan fingerprint density at radius 2 is 0.714 bits per heavy atom. The first-order chi connectivity index (χ1) is 17.3. The van der Waals surface area contributed by atoms with E-state index in [2.05, 4.69) is 6.92 Å². The third-order valence-electron chi connectivity index (χ3n) is 10.9. The van der Waals surface area contributed by atoms with Crippen LogP contribution in [0.1, 0.15) is 174 Å². The van der Waals surface area contributed by atoms with E-state index in [0.29, 0.717) is 0 Å². The highest BCUT2D eigenvalue weighted by Gasteiger charge is 2.34. The number of halogens is 1. The van der Waals surface area contributed by atoms with Crippen LogP contribution in [0.2, 0.25) is 0 Å². The third-order valence-corrected chi connectivity index (χ3v) is 10.9. The van der Waals surface area contributed by atoms with Crippen LogP contribution < -0.4 is 0 Å². The Bertz CT molecular complexity index is 477. The summed E-state index contributed by atoms with van der Waals surface area (Å²) in [4.78, 5) is 0. The molecule has 0 bridgehead atoms. The lowest BCUT2D eigenvalue weighted by atomic mass is 9.64. The molecule has 0 unspecified atom stereocenters. The molecule has 0 amide bonds. The molecule has 3 aliphatic carbocycles. The standard InChI is InChI=1S/C34H63F/c1-2-3-4-5-6-7-8-11-14-29-16-20-31(21-17-29)33-24-26-34(27-25-33)32-22-18-30(19-23-32)15-12-9-10-13-28-35/h29-34H,2-28H2,1H3. The maximum Gasteiger partial charge on any atom is 0.0894 e. The molecule has 0 aromatic carbocycles. The van der Waals surface area contributed by atoms with Gasteiger partial charge in [0.2, 0.25) is 0 Å². The van der Waals surface area contributed by atoms with Gasteiger partial charge in [-0.05, 0) is 93.3 Å². The molecular weight excluding hydrogens is 427 g/mol. The van der Waals surface area contributed by atoms with Crippen molar-refractivity contribution >= 4 is 0 Å². The van der Waals surface area contributed by atoms with Gasteiger partial charge >= 0.3 is 0 Å². The highest BCUT2D eigenvalue weighted by atomic mass is 19.1. The molecule has 206 valence electrons. The second-order valence-electron chi connectivity index (χ2n) is 13.4. The first-order valence-electron chi connectivity index (χ1n) is 16.9. The van der Waals surface area contributed by atoms with E-state index in [-0.39, 0.29) is 6.67 Å². The Balaban J connectivity index is 1.19. The van der Waals surface area contributed by atoms with Gasteiger partial charge in [-0.3, -0.25) is 4.39 Å². The Kier molecular flexibility index (Phi) is 15.4. The minimum Gasteiger partial charge on any atom is -0.251 e. The molecule has 3 aliphatic rings. The summed E-state index contributed by atoms with van der Waals surface area (Å²) in [6.07, 6.45) is 37.7. The molecule has 0 aromatic heterocycles. The molecule has 0 heterocycles. The summed E-state index contributed by atoms with van der Waals surface area (Å²) in [6.45, 7) is 2.20. The van der Waals surface area contributed by atoms with Gasteiger partial charge in [0.05, 0.1) is 6.67 Å². The van der Waals surface area contributed by atoms with Crippen LogP contribution in [0.4, 0.5) is 4.39 Å². The first-order valence-corrected chi connectivity index (χ1v) is 16.9. The minimum absolute atomic E-state index is 0.117. The third kappa shape index (κ3) is 11.5. The van der Waals surface area contributed by atoms with Gasteiger partial charge in [0.25, 0.3) is 0 Å². The van der Waals surface area contributed by atoms with Crippen molar-refractivity contribution in [2.75, 3.05) is 6.67 Å². The van der Waals surface area contributed by atoms with Gasteiger partial charge in [0, 0.05) is 0 Å². The van der Waals surface area contributed by atoms with Gasteiger partial charge < -0.3 is 0 Å². The Labute approximate surface area is 220 Å². The van der Waals surface area contributed by atoms with Crippen LogP contribution in [0, 0.1) is 35.5 Å². The molecule has 35 heavy (non-hydrogen) atoms. The average molecular weight is 491 g/mol. The topological polar surface area (TPSA) is 0 Å². The summed E-state index contributed by atoms with van der Waals surface area (Å²) < 4.78 is 12.2. The summed E-state index contributed by atoms with van der Waals surface area (Å²) in [7, 11) is 0. The van der Waals surface area contributed by atoms with Crippen LogP contribution in [0.3, 0.4) is 0 Å². The summed E-state index contributed by atoms with van der Waals surface area (Å²) in [5.74, 6) is 6.35. The summed E-state index contributed by atoms with van der Waals surface area (Å²) in [5, 5.41) is 0. The van der Waals surface area contributed by atoms with E-state index in [9.17, 15) is 4.39 Å². The van der Waals surface area contributed by atoms with Crippen molar-refractivity contribution in [3.63, 3.8) is 0 Å². The molecule has 0 N–H and O–H groups in total. The van der Waals surface area contributed by atoms with Crippen molar-refractivity contribution in [3.05, 3.63) is 0 Å². The van der Waals surface area contributed by atoms with Crippen LogP contribution in [0.25, 0.3) is 0 Å². The van der Waals surface area contributed by atoms with Gasteiger partial charge in [-0.15, -0.1) is 0 Å². The molecule has 0 spiro atoms. The zero-order valence-corrected chi connectivity index (χ0v) is 23.9. The van der Waals surface area contributed by atoms with Gasteiger partial charge in [-0.2, -0.15) is 0 Å². The molecule has 0 atom stereocenters. The molecule has 3 rings (SSSR count). The highest BCUT2D eigenvalue weighted by Crippen LogP contribution is 2.46. The average Bonchev–Trinajstić information content (AvgIpc) is 2.91. The predicted molar refractivity (Wildman–Crippen MR) is 153 cm³/mol. The molecular formula is C34H63F. The second kappa shape index (κ2) is 18.2. The lowest BCUT2D eigenvalue weighted by Crippen LogP contribution is -2.29. The number of alkyl halides is 1. The van der Waals surface area contributed by atoms with Gasteiger partial charge in [0.1, 0.15) is 0 Å². The lowest BCUT2D eigenvalue weighted by Gasteiger charge is -2.41. The molecule has 3 fully saturated rings. The molecule has 1 heteroatoms. The quantitative estimate of drug-likeness (QED) is 0.178. The molecule has 0 radical (unpaired) electrons. The maximum atomic E-state index is 12.2. The van der Waals surface area contributed by atoms with E-state index in [4.69, 9.17) is 0 Å². The number of hydrogen-bond acceptors (Lipinski definition) is 0. The van der Waals surface area contributed by atoms with Crippen molar-refractivity contribution in [3.8, 4) is 0 Å². The van der Waals surface area contributed by atoms with Crippen molar-refractivity contribution in [1.82, 2.24) is 0 Å². The molecule has 0 saturated heterocycles. The van der Waals surface area contributed by atoms with Crippen molar-refractivity contribution in [1.29, 1.82) is 0 Å². The van der Waals surface area contributed by atoms with E-state index >= 15 is 0 Å². The summed E-state index contributed by atoms with van der Waals surface area (Å²) >= 11 is 0. The SMILES string of the molecule is CCCCCCCCCCC1CCC(C2CCC(C3CCC(CCCCCCF)CC3)CC2)CC1. The van der Waals surface area contributed by atoms with Crippen molar-refractivity contribution in [2.24, 2.45) is 35.5 Å². The summed E-state index contributed by atoms with van der Waals surface area (Å²) in [5.41, 5.74) is 0. The highest BCUT2D eigenvalue weighted by molar-refractivity contribution is 4.86. The van der Waals surface area contributed by atoms with Gasteiger partial charge in [0.15, 0.2) is 0 Å². The maximum absolute atomic E-state index is 12.2. The first kappa shape index (κ1) is 29.5. The number of rotatable bonds is 17. The van der Waals surface area contributed by atoms with Crippen LogP contribution in [-0.4, -0.2) is 6.67 Å². The fourth-order valence-corrected chi connectivity index (χ4v) is 8.43. The Morgan fingerprint density at radius 3 is 1.09 bits per heavy atom. The Hall–Kier alpha value is -0.0700. The predicted octanol–water partition coefficient (Wildman–Crippen LogP) is 11.9. The van der Waals surface area contributed by atoms with Crippen LogP contribution in [0.15, 0.2) is 0 Å². The van der Waals surface area contributed by atoms with E-state index in [1.807, 2.05) is 0 Å². The minimum atomic E-state index is -0.117. The fraction of sp³-hybridized carbons (Fsp3) is 1.00. The second-order valence-corrected chi connectivity index (χ2v) is 13.4. The monoisotopic (exact) mass is 490 g/mol. The van der Waals surface area contributed by atoms with Crippen molar-refractivity contribution in [2.45, 2.75) is 174 Å². The normalized spacial score (nSPS) is 32.1. The number of unbranched alkanes of at least 4 members (excludes halogenated alkanes) is 10. The van der Waals surface area contributed by atoms with E-state index in [1.54, 1.807) is 51.4 Å². The molecule has 0 nitrogen and oxygen atoms in total. The fourth-order valence-electron chi connectivity index (χ4n) is 8.43. The van der Waals surface area contributed by atoms with Crippen LogP contribution >= 0.6 is 0 Å². The molecule has 3 saturated carbocycles. The molecule has 0 aliphatic heterocycles. The van der Waals surface area contributed by atoms with E-state index < -0.39 is 0 Å². The zero-order valence-electron chi connectivity index (χ0n) is 23.9. The lowest BCUT2D eigenvalue weighted by molar-refractivity contribution is 0.102. The van der Waals surface area contributed by atoms with E-state index in [1.165, 1.54) is 103 Å². The smallest absolute Gasteiger partial charge is 0.0894 e. The molecule has 0 aromatic rings. The Morgan fingerprint density at radius 1 is 0.400 bits per heavy atom. The van der Waals surface area contributed by atoms with Crippen molar-refractivity contribution < 1.29 is 4.39 Å². The van der Waals surface area contributed by atoms with E-state index in [0.717, 1.165) is 48.3 Å². The van der Waals surface area contributed by atoms with Crippen LogP contribution in [-0.2, 0) is 0 Å². The van der Waals surface area contributed by atoms with Gasteiger partial charge in [-0.1, -0.05) is 116 Å².